The summed E-state index contributed by atoms with van der Waals surface area (Å²) < 4.78 is 0. The highest BCUT2D eigenvalue weighted by atomic mass is 32.2. The number of benzene rings is 1. The maximum Gasteiger partial charge on any atom is 0.0574 e. The summed E-state index contributed by atoms with van der Waals surface area (Å²) in [4.78, 5) is 0. The molecule has 1 fully saturated rings. The van der Waals surface area contributed by atoms with Crippen molar-refractivity contribution in [3.05, 3.63) is 23.8 Å². The Labute approximate surface area is 106 Å². The molecule has 0 bridgehead atoms. The minimum Gasteiger partial charge on any atom is -0.397 e. The third-order valence-electron chi connectivity index (χ3n) is 2.61. The lowest BCUT2D eigenvalue weighted by atomic mass is 10.2. The maximum atomic E-state index is 5.96. The van der Waals surface area contributed by atoms with Crippen LogP contribution in [0.5, 0.6) is 0 Å². The summed E-state index contributed by atoms with van der Waals surface area (Å²) in [7, 11) is 0. The number of rotatable bonds is 3. The second kappa shape index (κ2) is 5.73. The van der Waals surface area contributed by atoms with Crippen molar-refractivity contribution in [2.75, 3.05) is 34.9 Å². The predicted octanol–water partition coefficient (Wildman–Crippen LogP) is 2.84. The Morgan fingerprint density at radius 2 is 2.31 bits per heavy atom. The molecular weight excluding hydrogens is 236 g/mol. The number of hydrogen-bond acceptors (Lipinski definition) is 4. The van der Waals surface area contributed by atoms with Gasteiger partial charge in [0.2, 0.25) is 0 Å². The van der Waals surface area contributed by atoms with Gasteiger partial charge in [0.25, 0.3) is 0 Å². The van der Waals surface area contributed by atoms with Gasteiger partial charge in [0.05, 0.1) is 11.4 Å². The topological polar surface area (TPSA) is 38.0 Å². The fourth-order valence-corrected chi connectivity index (χ4v) is 4.33. The predicted molar refractivity (Wildman–Crippen MR) is 77.7 cm³/mol. The van der Waals surface area contributed by atoms with E-state index in [4.69, 9.17) is 5.73 Å². The molecule has 1 aromatic carbocycles. The minimum atomic E-state index is 0.722. The molecule has 0 aromatic heterocycles. The Balaban J connectivity index is 1.88. The lowest BCUT2D eigenvalue weighted by molar-refractivity contribution is 1.01. The molecule has 1 aromatic rings. The highest BCUT2D eigenvalue weighted by Gasteiger charge is 2.14. The summed E-state index contributed by atoms with van der Waals surface area (Å²) >= 11 is 4.12. The van der Waals surface area contributed by atoms with Gasteiger partial charge in [-0.2, -0.15) is 23.5 Å². The summed E-state index contributed by atoms with van der Waals surface area (Å²) in [5.41, 5.74) is 9.10. The van der Waals surface area contributed by atoms with Crippen LogP contribution in [0.4, 0.5) is 11.4 Å². The second-order valence-electron chi connectivity index (χ2n) is 4.04. The molecule has 0 saturated carbocycles. The average Bonchev–Trinajstić information content (AvgIpc) is 2.29. The van der Waals surface area contributed by atoms with Crippen LogP contribution < -0.4 is 11.1 Å². The van der Waals surface area contributed by atoms with Crippen molar-refractivity contribution in [3.63, 3.8) is 0 Å². The fraction of sp³-hybridized carbons (Fsp3) is 0.500. The van der Waals surface area contributed by atoms with Crippen molar-refractivity contribution in [2.45, 2.75) is 12.2 Å². The van der Waals surface area contributed by atoms with E-state index in [1.54, 1.807) is 0 Å². The number of nitrogens with two attached hydrogens (primary N) is 1. The molecule has 0 radical (unpaired) electrons. The maximum absolute atomic E-state index is 5.96. The Morgan fingerprint density at radius 1 is 1.44 bits per heavy atom. The number of anilines is 2. The van der Waals surface area contributed by atoms with Crippen LogP contribution in [-0.4, -0.2) is 29.1 Å². The van der Waals surface area contributed by atoms with Gasteiger partial charge >= 0.3 is 0 Å². The molecule has 88 valence electrons. The molecule has 2 nitrogen and oxygen atoms in total. The zero-order valence-corrected chi connectivity index (χ0v) is 11.2. The standard InChI is InChI=1S/C12H18N2S2/c1-9-2-3-12(11(13)6-9)14-7-10-8-15-4-5-16-10/h2-3,6,10,14H,4-5,7-8,13H2,1H3. The highest BCUT2D eigenvalue weighted by Crippen LogP contribution is 2.25. The SMILES string of the molecule is Cc1ccc(NCC2CSCCS2)c(N)c1. The number of nitrogen functional groups attached to an aromatic ring is 1. The molecule has 16 heavy (non-hydrogen) atoms. The molecule has 1 aliphatic rings. The Hall–Kier alpha value is -0.480. The van der Waals surface area contributed by atoms with Crippen molar-refractivity contribution >= 4 is 34.9 Å². The van der Waals surface area contributed by atoms with Crippen LogP contribution in [0.1, 0.15) is 5.56 Å². The van der Waals surface area contributed by atoms with Gasteiger partial charge in [-0.3, -0.25) is 0 Å². The molecule has 0 amide bonds. The van der Waals surface area contributed by atoms with Gasteiger partial charge in [-0.1, -0.05) is 6.07 Å². The van der Waals surface area contributed by atoms with Gasteiger partial charge in [-0.15, -0.1) is 0 Å². The van der Waals surface area contributed by atoms with Gasteiger partial charge in [0.15, 0.2) is 0 Å². The minimum absolute atomic E-state index is 0.722. The summed E-state index contributed by atoms with van der Waals surface area (Å²) in [6, 6.07) is 6.19. The van der Waals surface area contributed by atoms with E-state index in [1.165, 1.54) is 22.8 Å². The van der Waals surface area contributed by atoms with Crippen molar-refractivity contribution in [2.24, 2.45) is 0 Å². The quantitative estimate of drug-likeness (QED) is 0.814. The molecule has 1 saturated heterocycles. The smallest absolute Gasteiger partial charge is 0.0574 e. The Bertz CT molecular complexity index is 349. The van der Waals surface area contributed by atoms with E-state index in [1.807, 2.05) is 6.07 Å². The largest absolute Gasteiger partial charge is 0.397 e. The Kier molecular flexibility index (Phi) is 4.29. The molecule has 1 atom stereocenters. The molecule has 2 rings (SSSR count). The van der Waals surface area contributed by atoms with Crippen LogP contribution >= 0.6 is 23.5 Å². The zero-order valence-electron chi connectivity index (χ0n) is 9.53. The summed E-state index contributed by atoms with van der Waals surface area (Å²) in [5.74, 6) is 3.83. The van der Waals surface area contributed by atoms with Crippen molar-refractivity contribution < 1.29 is 0 Å². The average molecular weight is 254 g/mol. The summed E-state index contributed by atoms with van der Waals surface area (Å²) in [6.07, 6.45) is 0. The van der Waals surface area contributed by atoms with Gasteiger partial charge in [0, 0.05) is 29.1 Å². The molecule has 1 heterocycles. The van der Waals surface area contributed by atoms with E-state index >= 15 is 0 Å². The van der Waals surface area contributed by atoms with E-state index in [-0.39, 0.29) is 0 Å². The van der Waals surface area contributed by atoms with E-state index in [0.29, 0.717) is 0 Å². The van der Waals surface area contributed by atoms with Crippen molar-refractivity contribution in [1.29, 1.82) is 0 Å². The van der Waals surface area contributed by atoms with Crippen molar-refractivity contribution in [1.82, 2.24) is 0 Å². The highest BCUT2D eigenvalue weighted by molar-refractivity contribution is 8.06. The Morgan fingerprint density at radius 3 is 3.00 bits per heavy atom. The first-order chi connectivity index (χ1) is 7.75. The van der Waals surface area contributed by atoms with Crippen LogP contribution in [0.25, 0.3) is 0 Å². The molecular formula is C12H18N2S2. The van der Waals surface area contributed by atoms with Gasteiger partial charge < -0.3 is 11.1 Å². The van der Waals surface area contributed by atoms with Crippen molar-refractivity contribution in [3.8, 4) is 0 Å². The van der Waals surface area contributed by atoms with E-state index in [0.717, 1.165) is 23.2 Å². The monoisotopic (exact) mass is 254 g/mol. The molecule has 1 aliphatic heterocycles. The van der Waals surface area contributed by atoms with Crippen LogP contribution in [0, 0.1) is 6.92 Å². The number of thioether (sulfide) groups is 2. The fourth-order valence-electron chi connectivity index (χ4n) is 1.72. The lowest BCUT2D eigenvalue weighted by Crippen LogP contribution is -2.23. The van der Waals surface area contributed by atoms with E-state index in [2.05, 4.69) is 47.9 Å². The normalized spacial score (nSPS) is 20.7. The first kappa shape index (κ1) is 12.0. The number of aryl methyl sites for hydroxylation is 1. The molecule has 1 unspecified atom stereocenters. The van der Waals surface area contributed by atoms with Crippen LogP contribution in [0.15, 0.2) is 18.2 Å². The number of nitrogens with one attached hydrogen (secondary N) is 1. The third kappa shape index (κ3) is 3.25. The zero-order chi connectivity index (χ0) is 11.4. The third-order valence-corrected chi connectivity index (χ3v) is 5.46. The summed E-state index contributed by atoms with van der Waals surface area (Å²) in [5, 5.41) is 4.17. The van der Waals surface area contributed by atoms with Gasteiger partial charge in [-0.05, 0) is 24.6 Å². The van der Waals surface area contributed by atoms with Crippen LogP contribution in [0.3, 0.4) is 0 Å². The van der Waals surface area contributed by atoms with Gasteiger partial charge in [0.1, 0.15) is 0 Å². The first-order valence-corrected chi connectivity index (χ1v) is 7.75. The van der Waals surface area contributed by atoms with E-state index < -0.39 is 0 Å². The summed E-state index contributed by atoms with van der Waals surface area (Å²) in [6.45, 7) is 3.08. The second-order valence-corrected chi connectivity index (χ2v) is 6.60. The van der Waals surface area contributed by atoms with Gasteiger partial charge in [-0.25, -0.2) is 0 Å². The van der Waals surface area contributed by atoms with Crippen LogP contribution in [-0.2, 0) is 0 Å². The molecule has 0 spiro atoms. The lowest BCUT2D eigenvalue weighted by Gasteiger charge is -2.22. The first-order valence-electron chi connectivity index (χ1n) is 5.55. The number of hydrogen-bond donors (Lipinski definition) is 2. The molecule has 4 heteroatoms. The molecule has 0 aliphatic carbocycles. The van der Waals surface area contributed by atoms with Crippen LogP contribution in [0.2, 0.25) is 0 Å². The molecule has 3 N–H and O–H groups in total. The van der Waals surface area contributed by atoms with E-state index in [9.17, 15) is 0 Å².